The Morgan fingerprint density at radius 3 is 3.26 bits per heavy atom. The van der Waals surface area contributed by atoms with Crippen molar-refractivity contribution in [3.05, 3.63) is 29.6 Å². The van der Waals surface area contributed by atoms with Crippen molar-refractivity contribution >= 4 is 5.97 Å². The minimum absolute atomic E-state index is 0.266. The predicted octanol–water partition coefficient (Wildman–Crippen LogP) is -0.0859. The van der Waals surface area contributed by atoms with Crippen molar-refractivity contribution in [1.29, 1.82) is 0 Å². The van der Waals surface area contributed by atoms with E-state index in [1.54, 1.807) is 6.20 Å². The lowest BCUT2D eigenvalue weighted by Crippen LogP contribution is -2.49. The number of carbonyl (C=O) groups excluding carboxylic acids is 1. The number of ether oxygens (including phenoxy) is 2. The van der Waals surface area contributed by atoms with Gasteiger partial charge in [0.1, 0.15) is 6.04 Å². The number of morpholine rings is 1. The summed E-state index contributed by atoms with van der Waals surface area (Å²) in [5.41, 5.74) is 7.58. The highest BCUT2D eigenvalue weighted by Crippen LogP contribution is 2.15. The third-order valence-electron chi connectivity index (χ3n) is 3.26. The highest BCUT2D eigenvalue weighted by molar-refractivity contribution is 5.75. The summed E-state index contributed by atoms with van der Waals surface area (Å²) in [4.78, 5) is 18.0. The van der Waals surface area contributed by atoms with E-state index in [9.17, 15) is 4.79 Å². The Labute approximate surface area is 112 Å². The molecule has 6 heteroatoms. The summed E-state index contributed by atoms with van der Waals surface area (Å²) >= 11 is 0. The third-order valence-corrected chi connectivity index (χ3v) is 3.26. The topological polar surface area (TPSA) is 77.7 Å². The average Bonchev–Trinajstić information content (AvgIpc) is 2.47. The van der Waals surface area contributed by atoms with Crippen LogP contribution in [-0.4, -0.2) is 48.8 Å². The first-order chi connectivity index (χ1) is 9.26. The summed E-state index contributed by atoms with van der Waals surface area (Å²) < 4.78 is 10.2. The molecule has 0 amide bonds. The zero-order chi connectivity index (χ0) is 13.7. The van der Waals surface area contributed by atoms with Crippen LogP contribution < -0.4 is 5.73 Å². The number of hydrogen-bond acceptors (Lipinski definition) is 6. The molecule has 2 N–H and O–H groups in total. The molecule has 104 valence electrons. The number of rotatable bonds is 4. The maximum absolute atomic E-state index is 11.7. The second kappa shape index (κ2) is 6.60. The number of nitrogens with zero attached hydrogens (tertiary/aromatic N) is 2. The fourth-order valence-electron chi connectivity index (χ4n) is 2.20. The molecule has 1 fully saturated rings. The molecule has 1 aromatic heterocycles. The molecule has 1 saturated heterocycles. The molecular weight excluding hydrogens is 246 g/mol. The van der Waals surface area contributed by atoms with E-state index >= 15 is 0 Å². The Morgan fingerprint density at radius 2 is 2.53 bits per heavy atom. The smallest absolute Gasteiger partial charge is 0.325 e. The Morgan fingerprint density at radius 1 is 1.68 bits per heavy atom. The van der Waals surface area contributed by atoms with Gasteiger partial charge in [0.05, 0.1) is 26.0 Å². The average molecular weight is 265 g/mol. The van der Waals surface area contributed by atoms with Crippen molar-refractivity contribution in [2.24, 2.45) is 5.73 Å². The molecule has 0 saturated carbocycles. The molecule has 0 aliphatic carbocycles. The number of nitrogens with two attached hydrogens (primary N) is 1. The minimum atomic E-state index is -0.357. The minimum Gasteiger partial charge on any atom is -0.468 e. The molecule has 1 aliphatic rings. The Bertz CT molecular complexity index is 439. The number of methoxy groups -OCH3 is 1. The number of pyridine rings is 1. The van der Waals surface area contributed by atoms with Crippen molar-refractivity contribution in [2.75, 3.05) is 26.9 Å². The summed E-state index contributed by atoms with van der Waals surface area (Å²) in [5, 5.41) is 0. The van der Waals surface area contributed by atoms with Crippen LogP contribution in [0.3, 0.4) is 0 Å². The van der Waals surface area contributed by atoms with Crippen LogP contribution in [-0.2, 0) is 27.4 Å². The Kier molecular flexibility index (Phi) is 4.84. The molecule has 0 bridgehead atoms. The van der Waals surface area contributed by atoms with E-state index < -0.39 is 0 Å². The fourth-order valence-corrected chi connectivity index (χ4v) is 2.20. The first-order valence-corrected chi connectivity index (χ1v) is 6.28. The Hall–Kier alpha value is -1.50. The van der Waals surface area contributed by atoms with Gasteiger partial charge in [-0.1, -0.05) is 6.07 Å². The van der Waals surface area contributed by atoms with E-state index in [0.717, 1.165) is 11.3 Å². The zero-order valence-electron chi connectivity index (χ0n) is 11.0. The van der Waals surface area contributed by atoms with Crippen LogP contribution in [0.1, 0.15) is 11.3 Å². The lowest BCUT2D eigenvalue weighted by molar-refractivity contribution is -0.153. The van der Waals surface area contributed by atoms with Crippen molar-refractivity contribution in [3.8, 4) is 0 Å². The number of esters is 1. The normalized spacial score (nSPS) is 20.2. The summed E-state index contributed by atoms with van der Waals surface area (Å²) in [6.45, 7) is 2.70. The highest BCUT2D eigenvalue weighted by atomic mass is 16.5. The van der Waals surface area contributed by atoms with Gasteiger partial charge in [-0.05, 0) is 11.6 Å². The van der Waals surface area contributed by atoms with Crippen molar-refractivity contribution in [3.63, 3.8) is 0 Å². The maximum atomic E-state index is 11.7. The molecule has 0 aromatic carbocycles. The van der Waals surface area contributed by atoms with E-state index in [4.69, 9.17) is 15.2 Å². The molecule has 0 radical (unpaired) electrons. The van der Waals surface area contributed by atoms with Gasteiger partial charge in [-0.15, -0.1) is 0 Å². The van der Waals surface area contributed by atoms with Crippen molar-refractivity contribution in [2.45, 2.75) is 19.1 Å². The van der Waals surface area contributed by atoms with Gasteiger partial charge < -0.3 is 15.2 Å². The molecule has 1 aromatic rings. The second-order valence-corrected chi connectivity index (χ2v) is 4.40. The number of aromatic nitrogens is 1. The molecule has 1 atom stereocenters. The summed E-state index contributed by atoms with van der Waals surface area (Å²) in [6.07, 6.45) is 1.72. The molecule has 2 heterocycles. The van der Waals surface area contributed by atoms with E-state index in [1.165, 1.54) is 7.11 Å². The predicted molar refractivity (Wildman–Crippen MR) is 69.2 cm³/mol. The summed E-state index contributed by atoms with van der Waals surface area (Å²) in [5.74, 6) is -0.266. The van der Waals surface area contributed by atoms with Gasteiger partial charge in [0.25, 0.3) is 0 Å². The molecule has 2 rings (SSSR count). The molecule has 6 nitrogen and oxygen atoms in total. The van der Waals surface area contributed by atoms with Gasteiger partial charge in [0, 0.05) is 25.8 Å². The van der Waals surface area contributed by atoms with Crippen LogP contribution in [0.25, 0.3) is 0 Å². The zero-order valence-corrected chi connectivity index (χ0v) is 11.0. The quantitative estimate of drug-likeness (QED) is 0.767. The first kappa shape index (κ1) is 13.9. The highest BCUT2D eigenvalue weighted by Gasteiger charge is 2.30. The largest absolute Gasteiger partial charge is 0.468 e. The van der Waals surface area contributed by atoms with Crippen LogP contribution in [0, 0.1) is 0 Å². The SMILES string of the molecule is COC(=O)C1COCCN1Cc1cccnc1CN. The summed E-state index contributed by atoms with van der Waals surface area (Å²) in [7, 11) is 1.39. The van der Waals surface area contributed by atoms with E-state index in [2.05, 4.69) is 4.98 Å². The Balaban J connectivity index is 2.13. The third kappa shape index (κ3) is 3.28. The maximum Gasteiger partial charge on any atom is 0.325 e. The van der Waals surface area contributed by atoms with Crippen LogP contribution >= 0.6 is 0 Å². The van der Waals surface area contributed by atoms with Gasteiger partial charge in [-0.2, -0.15) is 0 Å². The number of hydrogen-bond donors (Lipinski definition) is 1. The van der Waals surface area contributed by atoms with Crippen molar-refractivity contribution in [1.82, 2.24) is 9.88 Å². The second-order valence-electron chi connectivity index (χ2n) is 4.40. The fraction of sp³-hybridized carbons (Fsp3) is 0.538. The van der Waals surface area contributed by atoms with Crippen LogP contribution in [0.2, 0.25) is 0 Å². The molecular formula is C13H19N3O3. The van der Waals surface area contributed by atoms with Gasteiger partial charge >= 0.3 is 5.97 Å². The van der Waals surface area contributed by atoms with Crippen LogP contribution in [0.4, 0.5) is 0 Å². The van der Waals surface area contributed by atoms with E-state index in [1.807, 2.05) is 17.0 Å². The van der Waals surface area contributed by atoms with Crippen LogP contribution in [0.15, 0.2) is 18.3 Å². The lowest BCUT2D eigenvalue weighted by atomic mass is 10.1. The van der Waals surface area contributed by atoms with Gasteiger partial charge in [0.2, 0.25) is 0 Å². The lowest BCUT2D eigenvalue weighted by Gasteiger charge is -2.33. The monoisotopic (exact) mass is 265 g/mol. The molecule has 1 unspecified atom stereocenters. The summed E-state index contributed by atoms with van der Waals surface area (Å²) in [6, 6.07) is 3.51. The van der Waals surface area contributed by atoms with Crippen molar-refractivity contribution < 1.29 is 14.3 Å². The first-order valence-electron chi connectivity index (χ1n) is 6.28. The van der Waals surface area contributed by atoms with E-state index in [0.29, 0.717) is 32.8 Å². The standard InChI is InChI=1S/C13H19N3O3/c1-18-13(17)12-9-19-6-5-16(12)8-10-3-2-4-15-11(10)7-14/h2-4,12H,5-9,14H2,1H3. The van der Waals surface area contributed by atoms with Crippen LogP contribution in [0.5, 0.6) is 0 Å². The number of carbonyl (C=O) groups is 1. The molecule has 19 heavy (non-hydrogen) atoms. The van der Waals surface area contributed by atoms with Gasteiger partial charge in [-0.25, -0.2) is 0 Å². The van der Waals surface area contributed by atoms with E-state index in [-0.39, 0.29) is 12.0 Å². The van der Waals surface area contributed by atoms with Gasteiger partial charge in [0.15, 0.2) is 0 Å². The van der Waals surface area contributed by atoms with Gasteiger partial charge in [-0.3, -0.25) is 14.7 Å². The molecule has 0 spiro atoms. The molecule has 1 aliphatic heterocycles.